The van der Waals surface area contributed by atoms with E-state index in [1.807, 2.05) is 29.2 Å². The summed E-state index contributed by atoms with van der Waals surface area (Å²) in [5, 5.41) is 0. The first-order chi connectivity index (χ1) is 11.6. The van der Waals surface area contributed by atoms with Crippen LogP contribution in [0.15, 0.2) is 48.5 Å². The highest BCUT2D eigenvalue weighted by atomic mass is 19.1. The number of nitrogens with zero attached hydrogens (tertiary/aromatic N) is 1. The van der Waals surface area contributed by atoms with Gasteiger partial charge in [0.15, 0.2) is 0 Å². The van der Waals surface area contributed by atoms with E-state index in [0.717, 1.165) is 24.2 Å². The number of carbonyl (C=O) groups excluding carboxylic acids is 1. The SMILES string of the molecule is COc1ccc(CN(C(=O)c2ccc(F)cc2)C(C)C2CC2)cc1. The van der Waals surface area contributed by atoms with E-state index in [4.69, 9.17) is 4.74 Å². The molecule has 4 heteroatoms. The molecule has 0 heterocycles. The maximum Gasteiger partial charge on any atom is 0.254 e. The van der Waals surface area contributed by atoms with Crippen LogP contribution in [0, 0.1) is 11.7 Å². The quantitative estimate of drug-likeness (QED) is 0.793. The van der Waals surface area contributed by atoms with E-state index in [1.54, 1.807) is 19.2 Å². The third kappa shape index (κ3) is 3.75. The number of ether oxygens (including phenoxy) is 1. The minimum Gasteiger partial charge on any atom is -0.497 e. The van der Waals surface area contributed by atoms with Crippen molar-refractivity contribution in [3.05, 3.63) is 65.5 Å². The number of carbonyl (C=O) groups is 1. The fourth-order valence-electron chi connectivity index (χ4n) is 2.92. The monoisotopic (exact) mass is 327 g/mol. The van der Waals surface area contributed by atoms with Gasteiger partial charge in [-0.1, -0.05) is 12.1 Å². The lowest BCUT2D eigenvalue weighted by atomic mass is 10.1. The van der Waals surface area contributed by atoms with Crippen LogP contribution in [-0.4, -0.2) is 24.0 Å². The number of rotatable bonds is 6. The van der Waals surface area contributed by atoms with E-state index < -0.39 is 0 Å². The molecule has 1 aliphatic rings. The molecule has 2 aromatic rings. The third-order valence-corrected chi connectivity index (χ3v) is 4.66. The smallest absolute Gasteiger partial charge is 0.254 e. The average Bonchev–Trinajstić information content (AvgIpc) is 3.45. The second-order valence-corrected chi connectivity index (χ2v) is 6.37. The Labute approximate surface area is 142 Å². The summed E-state index contributed by atoms with van der Waals surface area (Å²) in [7, 11) is 1.63. The lowest BCUT2D eigenvalue weighted by Gasteiger charge is -2.30. The van der Waals surface area contributed by atoms with Gasteiger partial charge >= 0.3 is 0 Å². The molecule has 1 amide bonds. The molecule has 0 aliphatic heterocycles. The Morgan fingerprint density at radius 2 is 1.79 bits per heavy atom. The summed E-state index contributed by atoms with van der Waals surface area (Å²) in [6.07, 6.45) is 2.33. The average molecular weight is 327 g/mol. The summed E-state index contributed by atoms with van der Waals surface area (Å²) in [5.41, 5.74) is 1.58. The molecule has 0 radical (unpaired) electrons. The molecule has 2 aromatic carbocycles. The normalized spacial score (nSPS) is 15.0. The van der Waals surface area contributed by atoms with Gasteiger partial charge in [0, 0.05) is 18.2 Å². The van der Waals surface area contributed by atoms with Gasteiger partial charge in [0.1, 0.15) is 11.6 Å². The van der Waals surface area contributed by atoms with Gasteiger partial charge in [-0.3, -0.25) is 4.79 Å². The zero-order chi connectivity index (χ0) is 17.1. The highest BCUT2D eigenvalue weighted by Crippen LogP contribution is 2.36. The van der Waals surface area contributed by atoms with Gasteiger partial charge in [-0.2, -0.15) is 0 Å². The van der Waals surface area contributed by atoms with E-state index in [2.05, 4.69) is 6.92 Å². The Kier molecular flexibility index (Phi) is 4.84. The predicted molar refractivity (Wildman–Crippen MR) is 91.5 cm³/mol. The Morgan fingerprint density at radius 1 is 1.17 bits per heavy atom. The Morgan fingerprint density at radius 3 is 2.33 bits per heavy atom. The van der Waals surface area contributed by atoms with Crippen molar-refractivity contribution in [2.75, 3.05) is 7.11 Å². The maximum atomic E-state index is 13.1. The van der Waals surface area contributed by atoms with E-state index in [1.165, 1.54) is 12.1 Å². The Bertz CT molecular complexity index is 693. The maximum absolute atomic E-state index is 13.1. The molecule has 0 saturated heterocycles. The molecule has 1 saturated carbocycles. The van der Waals surface area contributed by atoms with Crippen LogP contribution in [0.1, 0.15) is 35.7 Å². The van der Waals surface area contributed by atoms with Gasteiger partial charge < -0.3 is 9.64 Å². The molecule has 0 spiro atoms. The van der Waals surface area contributed by atoms with Gasteiger partial charge in [0.05, 0.1) is 7.11 Å². The van der Waals surface area contributed by atoms with Crippen molar-refractivity contribution >= 4 is 5.91 Å². The summed E-state index contributed by atoms with van der Waals surface area (Å²) in [5.74, 6) is 0.978. The van der Waals surface area contributed by atoms with Gasteiger partial charge in [0.25, 0.3) is 5.91 Å². The minimum absolute atomic E-state index is 0.0507. The lowest BCUT2D eigenvalue weighted by molar-refractivity contribution is 0.0654. The number of methoxy groups -OCH3 is 1. The van der Waals surface area contributed by atoms with Crippen LogP contribution in [0.4, 0.5) is 4.39 Å². The molecule has 3 nitrogen and oxygen atoms in total. The topological polar surface area (TPSA) is 29.5 Å². The van der Waals surface area contributed by atoms with Crippen LogP contribution in [0.25, 0.3) is 0 Å². The number of benzene rings is 2. The first-order valence-corrected chi connectivity index (χ1v) is 8.28. The molecule has 3 rings (SSSR count). The standard InChI is InChI=1S/C20H22FNO2/c1-14(16-5-6-16)22(13-15-3-11-19(24-2)12-4-15)20(23)17-7-9-18(21)10-8-17/h3-4,7-12,14,16H,5-6,13H2,1-2H3. The van der Waals surface area contributed by atoms with E-state index in [0.29, 0.717) is 18.0 Å². The van der Waals surface area contributed by atoms with Crippen molar-refractivity contribution in [2.45, 2.75) is 32.4 Å². The second kappa shape index (κ2) is 7.04. The van der Waals surface area contributed by atoms with Crippen LogP contribution >= 0.6 is 0 Å². The van der Waals surface area contributed by atoms with Crippen molar-refractivity contribution in [3.63, 3.8) is 0 Å². The summed E-state index contributed by atoms with van der Waals surface area (Å²) >= 11 is 0. The van der Waals surface area contributed by atoms with E-state index in [-0.39, 0.29) is 17.8 Å². The van der Waals surface area contributed by atoms with Gasteiger partial charge in [0.2, 0.25) is 0 Å². The summed E-state index contributed by atoms with van der Waals surface area (Å²) in [6, 6.07) is 13.7. The van der Waals surface area contributed by atoms with Crippen molar-refractivity contribution in [2.24, 2.45) is 5.92 Å². The largest absolute Gasteiger partial charge is 0.497 e. The fraction of sp³-hybridized carbons (Fsp3) is 0.350. The molecule has 0 N–H and O–H groups in total. The van der Waals surface area contributed by atoms with Crippen molar-refractivity contribution in [1.82, 2.24) is 4.90 Å². The highest BCUT2D eigenvalue weighted by Gasteiger charge is 2.34. The van der Waals surface area contributed by atoms with Crippen molar-refractivity contribution in [1.29, 1.82) is 0 Å². The van der Waals surface area contributed by atoms with Crippen LogP contribution < -0.4 is 4.74 Å². The molecule has 1 unspecified atom stereocenters. The zero-order valence-electron chi connectivity index (χ0n) is 14.0. The molecular weight excluding hydrogens is 305 g/mol. The highest BCUT2D eigenvalue weighted by molar-refractivity contribution is 5.94. The van der Waals surface area contributed by atoms with Crippen LogP contribution in [0.3, 0.4) is 0 Å². The molecular formula is C20H22FNO2. The van der Waals surface area contributed by atoms with Crippen molar-refractivity contribution < 1.29 is 13.9 Å². The fourth-order valence-corrected chi connectivity index (χ4v) is 2.92. The lowest BCUT2D eigenvalue weighted by Crippen LogP contribution is -2.39. The minimum atomic E-state index is -0.330. The zero-order valence-corrected chi connectivity index (χ0v) is 14.0. The second-order valence-electron chi connectivity index (χ2n) is 6.37. The summed E-state index contributed by atoms with van der Waals surface area (Å²) in [6.45, 7) is 2.64. The molecule has 24 heavy (non-hydrogen) atoms. The van der Waals surface area contributed by atoms with Crippen LogP contribution in [-0.2, 0) is 6.54 Å². The predicted octanol–water partition coefficient (Wildman–Crippen LogP) is 4.28. The molecule has 1 fully saturated rings. The first kappa shape index (κ1) is 16.5. The molecule has 126 valence electrons. The van der Waals surface area contributed by atoms with Gasteiger partial charge in [-0.15, -0.1) is 0 Å². The summed E-state index contributed by atoms with van der Waals surface area (Å²) in [4.78, 5) is 14.8. The van der Waals surface area contributed by atoms with Gasteiger partial charge in [-0.05, 0) is 67.6 Å². The van der Waals surface area contributed by atoms with Gasteiger partial charge in [-0.25, -0.2) is 4.39 Å². The summed E-state index contributed by atoms with van der Waals surface area (Å²) < 4.78 is 18.3. The Hall–Kier alpha value is -2.36. The number of halogens is 1. The first-order valence-electron chi connectivity index (χ1n) is 8.28. The van der Waals surface area contributed by atoms with Crippen LogP contribution in [0.2, 0.25) is 0 Å². The molecule has 1 atom stereocenters. The number of hydrogen-bond acceptors (Lipinski definition) is 2. The number of hydrogen-bond donors (Lipinski definition) is 0. The number of amides is 1. The van der Waals surface area contributed by atoms with Crippen LogP contribution in [0.5, 0.6) is 5.75 Å². The van der Waals surface area contributed by atoms with Crippen molar-refractivity contribution in [3.8, 4) is 5.75 Å². The molecule has 0 bridgehead atoms. The van der Waals surface area contributed by atoms with E-state index in [9.17, 15) is 9.18 Å². The Balaban J connectivity index is 1.82. The third-order valence-electron chi connectivity index (χ3n) is 4.66. The molecule has 0 aromatic heterocycles. The van der Waals surface area contributed by atoms with E-state index >= 15 is 0 Å². The molecule has 1 aliphatic carbocycles.